The summed E-state index contributed by atoms with van der Waals surface area (Å²) in [5.74, 6) is -0.332. The average Bonchev–Trinajstić information content (AvgIpc) is 2.33. The third kappa shape index (κ3) is 4.18. The molecule has 1 aliphatic heterocycles. The molecule has 1 rings (SSSR count). The van der Waals surface area contributed by atoms with E-state index in [1.165, 1.54) is 0 Å². The lowest BCUT2D eigenvalue weighted by Gasteiger charge is -2.42. The molecule has 0 aromatic carbocycles. The number of ether oxygens (including phenoxy) is 1. The monoisotopic (exact) mass is 271 g/mol. The van der Waals surface area contributed by atoms with E-state index in [0.29, 0.717) is 19.8 Å². The van der Waals surface area contributed by atoms with Crippen LogP contribution in [0.15, 0.2) is 0 Å². The summed E-state index contributed by atoms with van der Waals surface area (Å²) in [4.78, 5) is 25.6. The maximum absolute atomic E-state index is 12.1. The van der Waals surface area contributed by atoms with E-state index in [2.05, 4.69) is 5.32 Å². The second kappa shape index (κ2) is 6.34. The molecule has 19 heavy (non-hydrogen) atoms. The number of nitrogens with zero attached hydrogens (tertiary/aromatic N) is 1. The van der Waals surface area contributed by atoms with Crippen molar-refractivity contribution in [2.45, 2.75) is 39.3 Å². The minimum atomic E-state index is -0.578. The standard InChI is InChI=1S/C13H25N3O3/c1-9(2)11(14)12(18)15-7-10(17)16-5-6-19-8-13(16,3)4/h9,11H,5-8,14H2,1-4H3,(H,15,18)/t11-/m0/s1. The average molecular weight is 271 g/mol. The van der Waals surface area contributed by atoms with Crippen molar-refractivity contribution < 1.29 is 14.3 Å². The molecule has 0 spiro atoms. The predicted octanol–water partition coefficient (Wildman–Crippen LogP) is -0.277. The topological polar surface area (TPSA) is 84.7 Å². The summed E-state index contributed by atoms with van der Waals surface area (Å²) in [7, 11) is 0. The first-order valence-electron chi connectivity index (χ1n) is 6.67. The fourth-order valence-electron chi connectivity index (χ4n) is 2.00. The van der Waals surface area contributed by atoms with Crippen LogP contribution in [0.2, 0.25) is 0 Å². The van der Waals surface area contributed by atoms with Crippen molar-refractivity contribution in [1.82, 2.24) is 10.2 Å². The second-order valence-corrected chi connectivity index (χ2v) is 5.90. The van der Waals surface area contributed by atoms with E-state index in [-0.39, 0.29) is 29.8 Å². The van der Waals surface area contributed by atoms with Crippen LogP contribution < -0.4 is 11.1 Å². The number of carbonyl (C=O) groups excluding carboxylic acids is 2. The molecular formula is C13H25N3O3. The Hall–Kier alpha value is -1.14. The van der Waals surface area contributed by atoms with E-state index in [1.807, 2.05) is 27.7 Å². The van der Waals surface area contributed by atoms with Crippen molar-refractivity contribution in [1.29, 1.82) is 0 Å². The van der Waals surface area contributed by atoms with Gasteiger partial charge in [-0.25, -0.2) is 0 Å². The zero-order valence-corrected chi connectivity index (χ0v) is 12.2. The van der Waals surface area contributed by atoms with Crippen LogP contribution in [0.5, 0.6) is 0 Å². The highest BCUT2D eigenvalue weighted by molar-refractivity contribution is 5.87. The van der Waals surface area contributed by atoms with Gasteiger partial charge in [0.15, 0.2) is 0 Å². The Morgan fingerprint density at radius 2 is 2.05 bits per heavy atom. The summed E-state index contributed by atoms with van der Waals surface area (Å²) in [6.07, 6.45) is 0. The molecule has 6 heteroatoms. The molecule has 0 radical (unpaired) electrons. The SMILES string of the molecule is CC(C)[C@H](N)C(=O)NCC(=O)N1CCOCC1(C)C. The Kier molecular flexibility index (Phi) is 5.31. The Balaban J connectivity index is 2.49. The lowest BCUT2D eigenvalue weighted by molar-refractivity contribution is -0.146. The number of hydrogen-bond donors (Lipinski definition) is 2. The number of amides is 2. The number of nitrogens with two attached hydrogens (primary N) is 1. The van der Waals surface area contributed by atoms with E-state index < -0.39 is 6.04 Å². The Labute approximate surface area is 114 Å². The van der Waals surface area contributed by atoms with Crippen molar-refractivity contribution in [3.05, 3.63) is 0 Å². The molecular weight excluding hydrogens is 246 g/mol. The number of rotatable bonds is 4. The van der Waals surface area contributed by atoms with Gasteiger partial charge in [0.05, 0.1) is 31.3 Å². The van der Waals surface area contributed by atoms with E-state index in [1.54, 1.807) is 4.90 Å². The number of hydrogen-bond acceptors (Lipinski definition) is 4. The summed E-state index contributed by atoms with van der Waals surface area (Å²) in [5, 5.41) is 2.60. The van der Waals surface area contributed by atoms with Crippen molar-refractivity contribution in [2.75, 3.05) is 26.3 Å². The molecule has 1 fully saturated rings. The van der Waals surface area contributed by atoms with Gasteiger partial charge in [-0.15, -0.1) is 0 Å². The number of carbonyl (C=O) groups is 2. The number of nitrogens with one attached hydrogen (secondary N) is 1. The fraction of sp³-hybridized carbons (Fsp3) is 0.846. The molecule has 0 aromatic heterocycles. The highest BCUT2D eigenvalue weighted by Crippen LogP contribution is 2.18. The largest absolute Gasteiger partial charge is 0.377 e. The highest BCUT2D eigenvalue weighted by atomic mass is 16.5. The third-order valence-electron chi connectivity index (χ3n) is 3.38. The summed E-state index contributed by atoms with van der Waals surface area (Å²) < 4.78 is 5.36. The van der Waals surface area contributed by atoms with E-state index >= 15 is 0 Å². The van der Waals surface area contributed by atoms with Gasteiger partial charge in [0, 0.05) is 6.54 Å². The zero-order chi connectivity index (χ0) is 14.6. The summed E-state index contributed by atoms with van der Waals surface area (Å²) >= 11 is 0. The van der Waals surface area contributed by atoms with Gasteiger partial charge in [0.2, 0.25) is 11.8 Å². The molecule has 0 aliphatic carbocycles. The van der Waals surface area contributed by atoms with Gasteiger partial charge in [-0.05, 0) is 19.8 Å². The molecule has 0 aromatic rings. The van der Waals surface area contributed by atoms with Gasteiger partial charge in [-0.2, -0.15) is 0 Å². The smallest absolute Gasteiger partial charge is 0.242 e. The normalized spacial score (nSPS) is 20.2. The van der Waals surface area contributed by atoms with Gasteiger partial charge in [0.1, 0.15) is 0 Å². The third-order valence-corrected chi connectivity index (χ3v) is 3.38. The zero-order valence-electron chi connectivity index (χ0n) is 12.2. The summed E-state index contributed by atoms with van der Waals surface area (Å²) in [5.41, 5.74) is 5.39. The predicted molar refractivity (Wildman–Crippen MR) is 72.4 cm³/mol. The van der Waals surface area contributed by atoms with Crippen LogP contribution in [0.25, 0.3) is 0 Å². The van der Waals surface area contributed by atoms with Gasteiger partial charge >= 0.3 is 0 Å². The summed E-state index contributed by atoms with van der Waals surface area (Å²) in [6, 6.07) is -0.578. The molecule has 2 amide bonds. The van der Waals surface area contributed by atoms with E-state index in [4.69, 9.17) is 10.5 Å². The number of morpholine rings is 1. The maximum Gasteiger partial charge on any atom is 0.242 e. The van der Waals surface area contributed by atoms with Crippen LogP contribution in [0, 0.1) is 5.92 Å². The van der Waals surface area contributed by atoms with Gasteiger partial charge in [0.25, 0.3) is 0 Å². The molecule has 1 saturated heterocycles. The minimum Gasteiger partial charge on any atom is -0.377 e. The Bertz CT molecular complexity index is 342. The molecule has 110 valence electrons. The van der Waals surface area contributed by atoms with Crippen molar-refractivity contribution in [2.24, 2.45) is 11.7 Å². The van der Waals surface area contributed by atoms with Crippen LogP contribution in [0.4, 0.5) is 0 Å². The Morgan fingerprint density at radius 3 is 2.58 bits per heavy atom. The van der Waals surface area contributed by atoms with Gasteiger partial charge in [-0.1, -0.05) is 13.8 Å². The van der Waals surface area contributed by atoms with Crippen molar-refractivity contribution >= 4 is 11.8 Å². The first kappa shape index (κ1) is 15.9. The molecule has 1 aliphatic rings. The van der Waals surface area contributed by atoms with Crippen LogP contribution >= 0.6 is 0 Å². The minimum absolute atomic E-state index is 0.0112. The molecule has 0 unspecified atom stereocenters. The molecule has 1 atom stereocenters. The Morgan fingerprint density at radius 1 is 1.42 bits per heavy atom. The lowest BCUT2D eigenvalue weighted by atomic mass is 10.0. The molecule has 3 N–H and O–H groups in total. The van der Waals surface area contributed by atoms with Gasteiger partial charge in [-0.3, -0.25) is 9.59 Å². The van der Waals surface area contributed by atoms with Crippen LogP contribution in [0.3, 0.4) is 0 Å². The van der Waals surface area contributed by atoms with E-state index in [9.17, 15) is 9.59 Å². The van der Waals surface area contributed by atoms with Crippen LogP contribution in [-0.2, 0) is 14.3 Å². The second-order valence-electron chi connectivity index (χ2n) is 5.90. The molecule has 1 heterocycles. The molecule has 6 nitrogen and oxygen atoms in total. The van der Waals surface area contributed by atoms with Crippen LogP contribution in [0.1, 0.15) is 27.7 Å². The van der Waals surface area contributed by atoms with Crippen molar-refractivity contribution in [3.63, 3.8) is 0 Å². The van der Waals surface area contributed by atoms with E-state index in [0.717, 1.165) is 0 Å². The summed E-state index contributed by atoms with van der Waals surface area (Å²) in [6.45, 7) is 9.24. The van der Waals surface area contributed by atoms with Gasteiger partial charge < -0.3 is 20.7 Å². The first-order valence-corrected chi connectivity index (χ1v) is 6.67. The lowest BCUT2D eigenvalue weighted by Crippen LogP contribution is -2.58. The van der Waals surface area contributed by atoms with Crippen molar-refractivity contribution in [3.8, 4) is 0 Å². The first-order chi connectivity index (χ1) is 8.75. The molecule has 0 bridgehead atoms. The molecule has 0 saturated carbocycles. The maximum atomic E-state index is 12.1. The fourth-order valence-corrected chi connectivity index (χ4v) is 2.00. The quantitative estimate of drug-likeness (QED) is 0.737. The van der Waals surface area contributed by atoms with Crippen LogP contribution in [-0.4, -0.2) is 54.6 Å². The highest BCUT2D eigenvalue weighted by Gasteiger charge is 2.34.